The van der Waals surface area contributed by atoms with Gasteiger partial charge in [0.15, 0.2) is 11.5 Å². The molecule has 3 heterocycles. The molecule has 6 heteroatoms. The first-order chi connectivity index (χ1) is 16.9. The number of benzene rings is 1. The van der Waals surface area contributed by atoms with Crippen LogP contribution in [0.2, 0.25) is 0 Å². The number of aromatic hydroxyl groups is 1. The number of carbonyl (C=O) groups excluding carboxylic acids is 1. The van der Waals surface area contributed by atoms with Gasteiger partial charge in [-0.25, -0.2) is 0 Å². The van der Waals surface area contributed by atoms with Gasteiger partial charge in [0.2, 0.25) is 5.91 Å². The summed E-state index contributed by atoms with van der Waals surface area (Å²) in [5, 5.41) is 10.8. The fourth-order valence-electron chi connectivity index (χ4n) is 8.31. The minimum Gasteiger partial charge on any atom is -0.504 e. The second kappa shape index (κ2) is 7.39. The van der Waals surface area contributed by atoms with Crippen LogP contribution in [0.4, 0.5) is 0 Å². The maximum absolute atomic E-state index is 13.2. The fourth-order valence-corrected chi connectivity index (χ4v) is 8.31. The highest BCUT2D eigenvalue weighted by molar-refractivity contribution is 5.91. The van der Waals surface area contributed by atoms with Gasteiger partial charge in [-0.3, -0.25) is 4.79 Å². The van der Waals surface area contributed by atoms with E-state index < -0.39 is 0 Å². The number of likely N-dealkylation sites (tertiary alicyclic amines) is 1. The van der Waals surface area contributed by atoms with Crippen molar-refractivity contribution in [2.24, 2.45) is 11.8 Å². The maximum atomic E-state index is 13.2. The van der Waals surface area contributed by atoms with Crippen LogP contribution in [-0.4, -0.2) is 65.8 Å². The molecule has 1 amide bonds. The Balaban J connectivity index is 1.26. The van der Waals surface area contributed by atoms with Gasteiger partial charge in [0.05, 0.1) is 50.2 Å². The standard InChI is InChI=1S/C29H34N2O4/c1-30(25(33)10-5-19-11-14-34-17-19)22-8-7-21-23-15-20-6-9-24(32)27-26(20)29(21,28(22)35-27)12-13-31(23,2)16-18-3-4-18/h5-6,9-11,14,17-18,21-23,28H,3-4,7-8,12-13,15-16H2,1-2H3/p+1/b10-5+/t21-,22+,23-,28?,29+,31+/m1/s1. The number of phenolic OH excluding ortho intramolecular Hbond substituents is 1. The number of amides is 1. The molecule has 7 rings (SSSR count). The van der Waals surface area contributed by atoms with Gasteiger partial charge in [-0.1, -0.05) is 6.07 Å². The van der Waals surface area contributed by atoms with E-state index in [2.05, 4.69) is 13.1 Å². The molecule has 1 N–H and O–H groups in total. The summed E-state index contributed by atoms with van der Waals surface area (Å²) in [6, 6.07) is 6.37. The van der Waals surface area contributed by atoms with E-state index in [-0.39, 0.29) is 29.2 Å². The van der Waals surface area contributed by atoms with E-state index in [1.54, 1.807) is 24.7 Å². The van der Waals surface area contributed by atoms with Crippen LogP contribution in [0.15, 0.2) is 41.2 Å². The molecule has 6 atom stereocenters. The Hall–Kier alpha value is -2.73. The first-order valence-corrected chi connectivity index (χ1v) is 13.2. The van der Waals surface area contributed by atoms with Crippen molar-refractivity contribution in [3.63, 3.8) is 0 Å². The Labute approximate surface area is 206 Å². The molecule has 1 aromatic carbocycles. The SMILES string of the molecule is CN(C(=O)/C=C/c1ccoc1)[C@H]1CC[C@@H]2[C@H]3Cc4ccc(O)c5c4[C@@]2(CC[N@@+]3(C)CC2CC2)C1O5. The second-order valence-corrected chi connectivity index (χ2v) is 12.0. The molecule has 0 radical (unpaired) electrons. The van der Waals surface area contributed by atoms with Gasteiger partial charge in [-0.05, 0) is 49.5 Å². The topological polar surface area (TPSA) is 62.9 Å². The predicted molar refractivity (Wildman–Crippen MR) is 132 cm³/mol. The van der Waals surface area contributed by atoms with Gasteiger partial charge in [-0.2, -0.15) is 0 Å². The van der Waals surface area contributed by atoms with E-state index in [0.29, 0.717) is 17.7 Å². The van der Waals surface area contributed by atoms with Crippen LogP contribution in [0, 0.1) is 11.8 Å². The molecule has 5 aliphatic rings. The average Bonchev–Trinajstić information content (AvgIpc) is 3.36. The zero-order chi connectivity index (χ0) is 23.9. The Morgan fingerprint density at radius 1 is 1.26 bits per heavy atom. The first-order valence-electron chi connectivity index (χ1n) is 13.2. The first kappa shape index (κ1) is 21.5. The van der Waals surface area contributed by atoms with E-state index in [4.69, 9.17) is 9.15 Å². The Bertz CT molecular complexity index is 1200. The summed E-state index contributed by atoms with van der Waals surface area (Å²) < 4.78 is 13.0. The Kier molecular flexibility index (Phi) is 4.55. The molecule has 1 saturated heterocycles. The normalized spacial score (nSPS) is 36.6. The second-order valence-electron chi connectivity index (χ2n) is 12.0. The summed E-state index contributed by atoms with van der Waals surface area (Å²) in [7, 11) is 4.41. The van der Waals surface area contributed by atoms with Crippen molar-refractivity contribution in [1.82, 2.24) is 4.90 Å². The third-order valence-electron chi connectivity index (χ3n) is 10.1. The van der Waals surface area contributed by atoms with Crippen LogP contribution in [0.3, 0.4) is 0 Å². The van der Waals surface area contributed by atoms with Crippen LogP contribution < -0.4 is 4.74 Å². The Morgan fingerprint density at radius 2 is 2.11 bits per heavy atom. The molecule has 1 aromatic heterocycles. The van der Waals surface area contributed by atoms with E-state index in [1.807, 2.05) is 24.1 Å². The minimum atomic E-state index is -0.114. The summed E-state index contributed by atoms with van der Waals surface area (Å²) >= 11 is 0. The lowest BCUT2D eigenvalue weighted by atomic mass is 9.50. The lowest BCUT2D eigenvalue weighted by Gasteiger charge is -2.62. The zero-order valence-electron chi connectivity index (χ0n) is 20.7. The van der Waals surface area contributed by atoms with Crippen molar-refractivity contribution in [3.05, 3.63) is 53.5 Å². The summed E-state index contributed by atoms with van der Waals surface area (Å²) in [5.41, 5.74) is 3.39. The maximum Gasteiger partial charge on any atom is 0.246 e. The predicted octanol–water partition coefficient (Wildman–Crippen LogP) is 4.12. The number of nitrogens with zero attached hydrogens (tertiary/aromatic N) is 2. The van der Waals surface area contributed by atoms with Gasteiger partial charge in [0.25, 0.3) is 0 Å². The van der Waals surface area contributed by atoms with Gasteiger partial charge in [0.1, 0.15) is 6.10 Å². The van der Waals surface area contributed by atoms with Crippen molar-refractivity contribution in [1.29, 1.82) is 0 Å². The lowest BCUT2D eigenvalue weighted by Crippen LogP contribution is -2.73. The molecule has 3 fully saturated rings. The smallest absolute Gasteiger partial charge is 0.246 e. The highest BCUT2D eigenvalue weighted by atomic mass is 16.5. The number of quaternary nitrogens is 1. The lowest BCUT2D eigenvalue weighted by molar-refractivity contribution is -0.946. The van der Waals surface area contributed by atoms with Crippen LogP contribution in [-0.2, 0) is 16.6 Å². The number of phenols is 1. The zero-order valence-corrected chi connectivity index (χ0v) is 20.7. The third-order valence-corrected chi connectivity index (χ3v) is 10.1. The van der Waals surface area contributed by atoms with Crippen molar-refractivity contribution < 1.29 is 23.5 Å². The molecule has 2 bridgehead atoms. The van der Waals surface area contributed by atoms with Crippen molar-refractivity contribution in [2.45, 2.75) is 62.1 Å². The van der Waals surface area contributed by atoms with Gasteiger partial charge in [0, 0.05) is 48.9 Å². The molecule has 2 aromatic rings. The average molecular weight is 476 g/mol. The summed E-state index contributed by atoms with van der Waals surface area (Å²) in [4.78, 5) is 15.1. The summed E-state index contributed by atoms with van der Waals surface area (Å²) in [6.07, 6.45) is 13.5. The van der Waals surface area contributed by atoms with Crippen molar-refractivity contribution in [2.75, 3.05) is 27.2 Å². The van der Waals surface area contributed by atoms with E-state index in [0.717, 1.165) is 43.7 Å². The molecule has 3 aliphatic carbocycles. The van der Waals surface area contributed by atoms with E-state index in [9.17, 15) is 9.90 Å². The highest BCUT2D eigenvalue weighted by Gasteiger charge is 2.69. The quantitative estimate of drug-likeness (QED) is 0.522. The number of hydrogen-bond acceptors (Lipinski definition) is 4. The number of carbonyl (C=O) groups is 1. The largest absolute Gasteiger partial charge is 0.504 e. The van der Waals surface area contributed by atoms with Crippen molar-refractivity contribution >= 4 is 12.0 Å². The van der Waals surface area contributed by atoms with Crippen LogP contribution in [0.1, 0.15) is 48.8 Å². The molecule has 35 heavy (non-hydrogen) atoms. The van der Waals surface area contributed by atoms with E-state index in [1.165, 1.54) is 35.0 Å². The fraction of sp³-hybridized carbons (Fsp3) is 0.552. The Morgan fingerprint density at radius 3 is 2.89 bits per heavy atom. The monoisotopic (exact) mass is 475 g/mol. The molecular weight excluding hydrogens is 440 g/mol. The number of rotatable bonds is 5. The van der Waals surface area contributed by atoms with E-state index >= 15 is 0 Å². The number of furan rings is 1. The van der Waals surface area contributed by atoms with Gasteiger partial charge >= 0.3 is 0 Å². The number of piperidine rings is 1. The van der Waals surface area contributed by atoms with Crippen LogP contribution >= 0.6 is 0 Å². The number of ether oxygens (including phenoxy) is 1. The summed E-state index contributed by atoms with van der Waals surface area (Å²) in [6.45, 7) is 2.44. The number of hydrogen-bond donors (Lipinski definition) is 1. The molecule has 2 aliphatic heterocycles. The molecule has 184 valence electrons. The molecule has 1 unspecified atom stereocenters. The van der Waals surface area contributed by atoms with Crippen LogP contribution in [0.25, 0.3) is 6.08 Å². The molecular formula is C29H35N2O4+. The number of likely N-dealkylation sites (N-methyl/N-ethyl adjacent to an activating group) is 2. The highest BCUT2D eigenvalue weighted by Crippen LogP contribution is 2.65. The minimum absolute atomic E-state index is 0.0208. The molecule has 6 nitrogen and oxygen atoms in total. The van der Waals surface area contributed by atoms with Crippen molar-refractivity contribution in [3.8, 4) is 11.5 Å². The molecule has 2 saturated carbocycles. The van der Waals surface area contributed by atoms with Gasteiger partial charge in [-0.15, -0.1) is 0 Å². The van der Waals surface area contributed by atoms with Crippen LogP contribution in [0.5, 0.6) is 11.5 Å². The third kappa shape index (κ3) is 3.01. The molecule has 1 spiro atoms. The van der Waals surface area contributed by atoms with Gasteiger partial charge < -0.3 is 23.6 Å². The summed E-state index contributed by atoms with van der Waals surface area (Å²) in [5.74, 6) is 2.34.